The number of hydrogen-bond acceptors (Lipinski definition) is 2. The quantitative estimate of drug-likeness (QED) is 0.630. The van der Waals surface area contributed by atoms with Crippen LogP contribution in [0.1, 0.15) is 33.6 Å². The van der Waals surface area contributed by atoms with Gasteiger partial charge in [-0.3, -0.25) is 0 Å². The van der Waals surface area contributed by atoms with Gasteiger partial charge in [0.2, 0.25) is 0 Å². The Balaban J connectivity index is 0.000000461. The number of hydrogen-bond donors (Lipinski definition) is 1. The van der Waals surface area contributed by atoms with Crippen molar-refractivity contribution in [2.45, 2.75) is 45.8 Å². The fourth-order valence-electron chi connectivity index (χ4n) is 1.26. The minimum absolute atomic E-state index is 0.455. The molecule has 1 rings (SSSR count). The molecule has 1 fully saturated rings. The molecule has 1 aliphatic rings. The van der Waals surface area contributed by atoms with E-state index in [0.29, 0.717) is 12.1 Å². The van der Waals surface area contributed by atoms with E-state index in [1.165, 1.54) is 6.42 Å². The van der Waals surface area contributed by atoms with Crippen LogP contribution >= 0.6 is 0 Å². The Bertz CT molecular complexity index is 85.6. The van der Waals surface area contributed by atoms with Crippen LogP contribution in [0.2, 0.25) is 0 Å². The van der Waals surface area contributed by atoms with Crippen molar-refractivity contribution >= 4 is 0 Å². The average Bonchev–Trinajstić information content (AvgIpc) is 2.08. The summed E-state index contributed by atoms with van der Waals surface area (Å²) in [7, 11) is 2.02. The Labute approximate surface area is 70.3 Å². The molecule has 0 bridgehead atoms. The molecule has 2 heteroatoms. The first-order chi connectivity index (χ1) is 5.33. The van der Waals surface area contributed by atoms with Crippen LogP contribution in [0.5, 0.6) is 0 Å². The lowest BCUT2D eigenvalue weighted by atomic mass is 10.1. The molecule has 1 heterocycles. The van der Waals surface area contributed by atoms with Crippen molar-refractivity contribution in [3.05, 3.63) is 0 Å². The van der Waals surface area contributed by atoms with Gasteiger partial charge in [0.1, 0.15) is 0 Å². The van der Waals surface area contributed by atoms with Crippen LogP contribution < -0.4 is 5.32 Å². The third-order valence-electron chi connectivity index (χ3n) is 1.89. The van der Waals surface area contributed by atoms with Crippen molar-refractivity contribution in [1.29, 1.82) is 0 Å². The van der Waals surface area contributed by atoms with Crippen LogP contribution in [-0.4, -0.2) is 25.8 Å². The fourth-order valence-corrected chi connectivity index (χ4v) is 1.26. The van der Waals surface area contributed by atoms with Gasteiger partial charge in [-0.2, -0.15) is 0 Å². The van der Waals surface area contributed by atoms with E-state index < -0.39 is 0 Å². The molecule has 0 spiro atoms. The van der Waals surface area contributed by atoms with E-state index in [9.17, 15) is 0 Å². The second kappa shape index (κ2) is 6.62. The van der Waals surface area contributed by atoms with Crippen LogP contribution in [0, 0.1) is 0 Å². The lowest BCUT2D eigenvalue weighted by molar-refractivity contribution is 0.0147. The van der Waals surface area contributed by atoms with Gasteiger partial charge in [-0.05, 0) is 26.8 Å². The summed E-state index contributed by atoms with van der Waals surface area (Å²) in [5.41, 5.74) is 0. The summed E-state index contributed by atoms with van der Waals surface area (Å²) in [5.74, 6) is 0. The second-order valence-electron chi connectivity index (χ2n) is 2.69. The smallest absolute Gasteiger partial charge is 0.0561 e. The first kappa shape index (κ1) is 10.9. The van der Waals surface area contributed by atoms with Crippen LogP contribution in [-0.2, 0) is 4.74 Å². The molecule has 0 aliphatic carbocycles. The van der Waals surface area contributed by atoms with Gasteiger partial charge in [0, 0.05) is 12.6 Å². The highest BCUT2D eigenvalue weighted by Gasteiger charge is 2.16. The molecule has 0 amide bonds. The minimum Gasteiger partial charge on any atom is -0.378 e. The van der Waals surface area contributed by atoms with Crippen molar-refractivity contribution in [1.82, 2.24) is 5.32 Å². The van der Waals surface area contributed by atoms with Crippen LogP contribution in [0.3, 0.4) is 0 Å². The molecule has 0 radical (unpaired) electrons. The Morgan fingerprint density at radius 2 is 2.00 bits per heavy atom. The number of ether oxygens (including phenoxy) is 1. The van der Waals surface area contributed by atoms with Gasteiger partial charge < -0.3 is 10.1 Å². The molecule has 1 N–H and O–H groups in total. The van der Waals surface area contributed by atoms with E-state index in [1.807, 2.05) is 20.9 Å². The van der Waals surface area contributed by atoms with E-state index in [0.717, 1.165) is 13.0 Å². The third-order valence-corrected chi connectivity index (χ3v) is 1.89. The lowest BCUT2D eigenvalue weighted by Crippen LogP contribution is -2.35. The van der Waals surface area contributed by atoms with Gasteiger partial charge >= 0.3 is 0 Å². The van der Waals surface area contributed by atoms with Gasteiger partial charge in [0.05, 0.1) is 6.10 Å². The van der Waals surface area contributed by atoms with E-state index >= 15 is 0 Å². The summed E-state index contributed by atoms with van der Waals surface area (Å²) in [5, 5.41) is 3.25. The molecule has 0 aromatic heterocycles. The van der Waals surface area contributed by atoms with Gasteiger partial charge in [-0.1, -0.05) is 13.8 Å². The highest BCUT2D eigenvalue weighted by molar-refractivity contribution is 4.72. The predicted octanol–water partition coefficient (Wildman–Crippen LogP) is 1.80. The summed E-state index contributed by atoms with van der Waals surface area (Å²) in [6.45, 7) is 7.05. The molecule has 1 aliphatic heterocycles. The maximum absolute atomic E-state index is 5.37. The number of rotatable bonds is 1. The Morgan fingerprint density at radius 1 is 1.36 bits per heavy atom. The maximum Gasteiger partial charge on any atom is 0.0561 e. The zero-order valence-electron chi connectivity index (χ0n) is 8.18. The van der Waals surface area contributed by atoms with Gasteiger partial charge in [0.25, 0.3) is 0 Å². The molecule has 0 aromatic rings. The molecular weight excluding hydrogens is 138 g/mol. The van der Waals surface area contributed by atoms with Crippen molar-refractivity contribution in [2.75, 3.05) is 13.7 Å². The predicted molar refractivity (Wildman–Crippen MR) is 48.8 cm³/mol. The first-order valence-corrected chi connectivity index (χ1v) is 4.62. The molecule has 2 nitrogen and oxygen atoms in total. The topological polar surface area (TPSA) is 21.3 Å². The van der Waals surface area contributed by atoms with Gasteiger partial charge in [-0.15, -0.1) is 0 Å². The summed E-state index contributed by atoms with van der Waals surface area (Å²) in [6.07, 6.45) is 2.79. The Hall–Kier alpha value is -0.0800. The highest BCUT2D eigenvalue weighted by atomic mass is 16.5. The Kier molecular flexibility index (Phi) is 6.57. The van der Waals surface area contributed by atoms with E-state index in [2.05, 4.69) is 12.2 Å². The van der Waals surface area contributed by atoms with Crippen molar-refractivity contribution in [2.24, 2.45) is 0 Å². The standard InChI is InChI=1S/C7H15NO.C2H6/c1-6-5-7(8-2)3-4-9-6;1-2/h6-8H,3-5H2,1-2H3;1-2H3. The SMILES string of the molecule is CC.CNC1CCOC(C)C1. The van der Waals surface area contributed by atoms with Crippen LogP contribution in [0.15, 0.2) is 0 Å². The second-order valence-corrected chi connectivity index (χ2v) is 2.69. The van der Waals surface area contributed by atoms with Gasteiger partial charge in [0.15, 0.2) is 0 Å². The molecule has 1 saturated heterocycles. The third kappa shape index (κ3) is 4.38. The van der Waals surface area contributed by atoms with E-state index in [1.54, 1.807) is 0 Å². The highest BCUT2D eigenvalue weighted by Crippen LogP contribution is 2.11. The molecule has 2 unspecified atom stereocenters. The van der Waals surface area contributed by atoms with E-state index in [4.69, 9.17) is 4.74 Å². The molecule has 2 atom stereocenters. The minimum atomic E-state index is 0.455. The summed E-state index contributed by atoms with van der Waals surface area (Å²) in [4.78, 5) is 0. The molecule has 68 valence electrons. The zero-order valence-corrected chi connectivity index (χ0v) is 8.18. The van der Waals surface area contributed by atoms with Crippen LogP contribution in [0.4, 0.5) is 0 Å². The molecule has 0 saturated carbocycles. The average molecular weight is 159 g/mol. The summed E-state index contributed by atoms with van der Waals surface area (Å²) < 4.78 is 5.37. The van der Waals surface area contributed by atoms with Crippen LogP contribution in [0.25, 0.3) is 0 Å². The molecular formula is C9H21NO. The zero-order chi connectivity index (χ0) is 8.69. The monoisotopic (exact) mass is 159 g/mol. The molecule has 11 heavy (non-hydrogen) atoms. The normalized spacial score (nSPS) is 30.5. The summed E-state index contributed by atoms with van der Waals surface area (Å²) in [6, 6.07) is 0.689. The maximum atomic E-state index is 5.37. The Morgan fingerprint density at radius 3 is 2.36 bits per heavy atom. The molecule has 0 aromatic carbocycles. The number of nitrogens with one attached hydrogen (secondary N) is 1. The largest absolute Gasteiger partial charge is 0.378 e. The fraction of sp³-hybridized carbons (Fsp3) is 1.00. The van der Waals surface area contributed by atoms with Crippen molar-refractivity contribution < 1.29 is 4.74 Å². The van der Waals surface area contributed by atoms with Crippen molar-refractivity contribution in [3.8, 4) is 0 Å². The first-order valence-electron chi connectivity index (χ1n) is 4.62. The van der Waals surface area contributed by atoms with Gasteiger partial charge in [-0.25, -0.2) is 0 Å². The summed E-state index contributed by atoms with van der Waals surface area (Å²) >= 11 is 0. The van der Waals surface area contributed by atoms with E-state index in [-0.39, 0.29) is 0 Å². The lowest BCUT2D eigenvalue weighted by Gasteiger charge is -2.26. The van der Waals surface area contributed by atoms with Crippen molar-refractivity contribution in [3.63, 3.8) is 0 Å².